The number of fused-ring (bicyclic) bond motifs is 5. The van der Waals surface area contributed by atoms with Crippen LogP contribution in [0.4, 0.5) is 0 Å². The quantitative estimate of drug-likeness (QED) is 0.423. The fraction of sp³-hybridized carbons (Fsp3) is 0.0909. The molecule has 0 fully saturated rings. The number of aromatic nitrogens is 8. The molecule has 0 aliphatic rings. The first-order chi connectivity index (χ1) is 14.7. The SMILES string of the molecule is Cc1cc(C)n2nc3n4nc(-c5ccccc5)c(-c5ccccc5)nc4n[n+]3c2n1. The molecular formula is C22H17N8+. The van der Waals surface area contributed by atoms with Crippen molar-refractivity contribution in [2.24, 2.45) is 0 Å². The summed E-state index contributed by atoms with van der Waals surface area (Å²) in [5.74, 6) is 1.67. The van der Waals surface area contributed by atoms with Crippen LogP contribution in [-0.2, 0) is 0 Å². The lowest BCUT2D eigenvalue weighted by atomic mass is 10.0. The molecule has 0 unspecified atom stereocenters. The Balaban J connectivity index is 1.73. The van der Waals surface area contributed by atoms with Crippen LogP contribution < -0.4 is 4.52 Å². The second kappa shape index (κ2) is 6.15. The zero-order chi connectivity index (χ0) is 20.2. The normalized spacial score (nSPS) is 11.7. The van der Waals surface area contributed by atoms with Gasteiger partial charge >= 0.3 is 17.3 Å². The molecule has 0 atom stereocenters. The van der Waals surface area contributed by atoms with Crippen molar-refractivity contribution < 1.29 is 4.52 Å². The molecule has 2 aromatic carbocycles. The van der Waals surface area contributed by atoms with Crippen LogP contribution in [0.5, 0.6) is 0 Å². The van der Waals surface area contributed by atoms with Crippen LogP contribution in [0.2, 0.25) is 0 Å². The molecular weight excluding hydrogens is 376 g/mol. The third-order valence-corrected chi connectivity index (χ3v) is 5.08. The second-order valence-corrected chi connectivity index (χ2v) is 7.22. The summed E-state index contributed by atoms with van der Waals surface area (Å²) in [7, 11) is 0. The fourth-order valence-electron chi connectivity index (χ4n) is 3.73. The molecule has 0 saturated heterocycles. The third kappa shape index (κ3) is 2.40. The van der Waals surface area contributed by atoms with Crippen molar-refractivity contribution in [3.8, 4) is 22.5 Å². The van der Waals surface area contributed by atoms with E-state index in [4.69, 9.17) is 15.2 Å². The number of hydrogen-bond donors (Lipinski definition) is 0. The van der Waals surface area contributed by atoms with E-state index in [9.17, 15) is 0 Å². The topological polar surface area (TPSA) is 77.4 Å². The third-order valence-electron chi connectivity index (χ3n) is 5.08. The maximum atomic E-state index is 4.92. The van der Waals surface area contributed by atoms with Gasteiger partial charge in [-0.05, 0) is 13.8 Å². The summed E-state index contributed by atoms with van der Waals surface area (Å²) in [5.41, 5.74) is 5.39. The zero-order valence-corrected chi connectivity index (χ0v) is 16.4. The minimum atomic E-state index is 0.472. The molecule has 0 amide bonds. The van der Waals surface area contributed by atoms with Crippen LogP contribution >= 0.6 is 0 Å². The van der Waals surface area contributed by atoms with E-state index in [-0.39, 0.29) is 0 Å². The summed E-state index contributed by atoms with van der Waals surface area (Å²) in [4.78, 5) is 9.49. The van der Waals surface area contributed by atoms with E-state index in [0.717, 1.165) is 33.9 Å². The van der Waals surface area contributed by atoms with Crippen LogP contribution in [0.15, 0.2) is 66.7 Å². The van der Waals surface area contributed by atoms with Gasteiger partial charge in [0, 0.05) is 22.3 Å². The van der Waals surface area contributed by atoms with Gasteiger partial charge in [0.05, 0.1) is 11.4 Å². The van der Waals surface area contributed by atoms with E-state index < -0.39 is 0 Å². The highest BCUT2D eigenvalue weighted by Crippen LogP contribution is 2.28. The Hall–Kier alpha value is -4.20. The molecule has 0 spiro atoms. The van der Waals surface area contributed by atoms with Gasteiger partial charge in [0.2, 0.25) is 0 Å². The molecule has 4 aromatic heterocycles. The fourth-order valence-corrected chi connectivity index (χ4v) is 3.73. The van der Waals surface area contributed by atoms with Gasteiger partial charge in [0.15, 0.2) is 0 Å². The minimum Gasteiger partial charge on any atom is -0.198 e. The molecule has 30 heavy (non-hydrogen) atoms. The zero-order valence-electron chi connectivity index (χ0n) is 16.4. The van der Waals surface area contributed by atoms with Crippen molar-refractivity contribution in [2.75, 3.05) is 0 Å². The van der Waals surface area contributed by atoms with E-state index >= 15 is 0 Å². The number of rotatable bonds is 2. The van der Waals surface area contributed by atoms with Crippen LogP contribution in [0.3, 0.4) is 0 Å². The van der Waals surface area contributed by atoms with Gasteiger partial charge in [-0.1, -0.05) is 74.8 Å². The lowest BCUT2D eigenvalue weighted by molar-refractivity contribution is -0.551. The summed E-state index contributed by atoms with van der Waals surface area (Å²) in [6.45, 7) is 3.95. The molecule has 6 aromatic rings. The van der Waals surface area contributed by atoms with Gasteiger partial charge in [0.1, 0.15) is 11.4 Å². The second-order valence-electron chi connectivity index (χ2n) is 7.22. The molecule has 0 N–H and O–H groups in total. The first-order valence-corrected chi connectivity index (χ1v) is 9.66. The van der Waals surface area contributed by atoms with E-state index in [1.165, 1.54) is 0 Å². The Bertz CT molecular complexity index is 1550. The van der Waals surface area contributed by atoms with E-state index in [2.05, 4.69) is 10.1 Å². The summed E-state index contributed by atoms with van der Waals surface area (Å²) >= 11 is 0. The summed E-state index contributed by atoms with van der Waals surface area (Å²) in [6.07, 6.45) is 0. The molecule has 0 aliphatic heterocycles. The average molecular weight is 393 g/mol. The van der Waals surface area contributed by atoms with Gasteiger partial charge in [-0.25, -0.2) is 0 Å². The Morgan fingerprint density at radius 1 is 0.700 bits per heavy atom. The number of hydrogen-bond acceptors (Lipinski definition) is 5. The van der Waals surface area contributed by atoms with Crippen LogP contribution in [0, 0.1) is 13.8 Å². The molecule has 144 valence electrons. The maximum absolute atomic E-state index is 4.92. The molecule has 0 saturated carbocycles. The first-order valence-electron chi connectivity index (χ1n) is 9.66. The summed E-state index contributed by atoms with van der Waals surface area (Å²) < 4.78 is 5.15. The molecule has 0 bridgehead atoms. The van der Waals surface area contributed by atoms with Crippen molar-refractivity contribution >= 4 is 17.3 Å². The predicted molar refractivity (Wildman–Crippen MR) is 111 cm³/mol. The lowest BCUT2D eigenvalue weighted by Gasteiger charge is -2.07. The van der Waals surface area contributed by atoms with Gasteiger partial charge in [-0.3, -0.25) is 0 Å². The average Bonchev–Trinajstić information content (AvgIpc) is 3.30. The molecule has 4 heterocycles. The van der Waals surface area contributed by atoms with Gasteiger partial charge in [-0.2, -0.15) is 4.98 Å². The number of nitrogens with zero attached hydrogens (tertiary/aromatic N) is 8. The molecule has 8 nitrogen and oxygen atoms in total. The van der Waals surface area contributed by atoms with E-state index in [1.807, 2.05) is 80.6 Å². The summed E-state index contributed by atoms with van der Waals surface area (Å²) in [6, 6.07) is 22.1. The monoisotopic (exact) mass is 393 g/mol. The Kier molecular flexibility index (Phi) is 3.43. The number of benzene rings is 2. The van der Waals surface area contributed by atoms with Crippen LogP contribution in [-0.4, -0.2) is 34.3 Å². The molecule has 8 heteroatoms. The summed E-state index contributed by atoms with van der Waals surface area (Å²) in [5, 5.41) is 14.3. The minimum absolute atomic E-state index is 0.472. The van der Waals surface area contributed by atoms with Crippen LogP contribution in [0.1, 0.15) is 11.4 Å². The predicted octanol–water partition coefficient (Wildman–Crippen LogP) is 2.86. The smallest absolute Gasteiger partial charge is 0.198 e. The van der Waals surface area contributed by atoms with Crippen molar-refractivity contribution in [1.29, 1.82) is 0 Å². The molecule has 0 aliphatic carbocycles. The Morgan fingerprint density at radius 3 is 2.07 bits per heavy atom. The Labute approximate surface area is 171 Å². The van der Waals surface area contributed by atoms with E-state index in [1.54, 1.807) is 13.5 Å². The van der Waals surface area contributed by atoms with Gasteiger partial charge in [-0.15, -0.1) is 14.6 Å². The largest absolute Gasteiger partial charge is 0.405 e. The van der Waals surface area contributed by atoms with Crippen molar-refractivity contribution in [3.05, 3.63) is 78.1 Å². The highest BCUT2D eigenvalue weighted by molar-refractivity contribution is 5.78. The number of aryl methyl sites for hydroxylation is 2. The highest BCUT2D eigenvalue weighted by Gasteiger charge is 2.26. The highest BCUT2D eigenvalue weighted by atomic mass is 15.5. The first kappa shape index (κ1) is 16.7. The maximum Gasteiger partial charge on any atom is 0.405 e. The molecule has 0 radical (unpaired) electrons. The van der Waals surface area contributed by atoms with Crippen molar-refractivity contribution in [3.63, 3.8) is 0 Å². The van der Waals surface area contributed by atoms with Crippen molar-refractivity contribution in [1.82, 2.24) is 34.3 Å². The standard InChI is InChI=1S/C22H17N8/c1-14-13-15(2)28-21(23-14)30-22(27-28)29-20(26-30)24-18(16-9-5-3-6-10-16)19(25-29)17-11-7-4-8-12-17/h3-13H,1-2H3/q+1. The van der Waals surface area contributed by atoms with E-state index in [0.29, 0.717) is 17.3 Å². The molecule has 6 rings (SSSR count). The Morgan fingerprint density at radius 2 is 1.37 bits per heavy atom. The van der Waals surface area contributed by atoms with Crippen LogP contribution in [0.25, 0.3) is 39.8 Å². The van der Waals surface area contributed by atoms with Gasteiger partial charge in [0.25, 0.3) is 0 Å². The lowest BCUT2D eigenvalue weighted by Crippen LogP contribution is -2.23. The van der Waals surface area contributed by atoms with Crippen molar-refractivity contribution in [2.45, 2.75) is 13.8 Å². The van der Waals surface area contributed by atoms with Gasteiger partial charge < -0.3 is 0 Å².